The Morgan fingerprint density at radius 1 is 1.36 bits per heavy atom. The predicted octanol–water partition coefficient (Wildman–Crippen LogP) is 2.02. The van der Waals surface area contributed by atoms with Crippen molar-refractivity contribution in [1.82, 2.24) is 19.9 Å². The van der Waals surface area contributed by atoms with E-state index in [9.17, 15) is 9.59 Å². The zero-order valence-electron chi connectivity index (χ0n) is 15.4. The molecule has 1 unspecified atom stereocenters. The van der Waals surface area contributed by atoms with Crippen LogP contribution >= 0.6 is 0 Å². The normalized spacial score (nSPS) is 21.0. The topological polar surface area (TPSA) is 79.5 Å². The molecule has 25 heavy (non-hydrogen) atoms. The van der Waals surface area contributed by atoms with E-state index in [0.717, 1.165) is 19.3 Å². The predicted molar refractivity (Wildman–Crippen MR) is 91.4 cm³/mol. The van der Waals surface area contributed by atoms with Crippen molar-refractivity contribution in [2.45, 2.75) is 65.5 Å². The van der Waals surface area contributed by atoms with E-state index >= 15 is 0 Å². The van der Waals surface area contributed by atoms with Crippen LogP contribution < -0.4 is 0 Å². The van der Waals surface area contributed by atoms with Crippen molar-refractivity contribution in [1.29, 1.82) is 0 Å². The zero-order chi connectivity index (χ0) is 18.0. The minimum absolute atomic E-state index is 0.0934. The maximum absolute atomic E-state index is 12.9. The van der Waals surface area contributed by atoms with Crippen LogP contribution in [0.25, 0.3) is 0 Å². The van der Waals surface area contributed by atoms with Gasteiger partial charge in [0.05, 0.1) is 12.5 Å². The Kier molecular flexibility index (Phi) is 5.39. The fraction of sp³-hybridized carbons (Fsp3) is 0.778. The quantitative estimate of drug-likeness (QED) is 0.753. The molecule has 0 aromatic carbocycles. The highest BCUT2D eigenvalue weighted by Crippen LogP contribution is 2.32. The molecule has 1 atom stereocenters. The van der Waals surface area contributed by atoms with Gasteiger partial charge in [-0.15, -0.1) is 0 Å². The summed E-state index contributed by atoms with van der Waals surface area (Å²) in [7, 11) is 0. The van der Waals surface area contributed by atoms with E-state index < -0.39 is 0 Å². The Morgan fingerprint density at radius 3 is 2.76 bits per heavy atom. The first-order valence-electron chi connectivity index (χ1n) is 9.37. The summed E-state index contributed by atoms with van der Waals surface area (Å²) < 4.78 is 5.26. The SMILES string of the molecule is CCN(Cc1noc(CC(C)C)n1)C(=O)C1CCC(=O)N(C2CC2)C1. The number of likely N-dealkylation sites (tertiary alicyclic amines) is 1. The number of rotatable bonds is 7. The summed E-state index contributed by atoms with van der Waals surface area (Å²) in [4.78, 5) is 33.0. The molecule has 1 aliphatic carbocycles. The average Bonchev–Trinajstić information content (AvgIpc) is 3.33. The van der Waals surface area contributed by atoms with Crippen molar-refractivity contribution in [3.8, 4) is 0 Å². The molecular weight excluding hydrogens is 320 g/mol. The number of aromatic nitrogens is 2. The molecule has 2 aliphatic rings. The third-order valence-electron chi connectivity index (χ3n) is 4.90. The summed E-state index contributed by atoms with van der Waals surface area (Å²) in [5.41, 5.74) is 0. The van der Waals surface area contributed by atoms with Crippen LogP contribution in [0.3, 0.4) is 0 Å². The molecule has 0 bridgehead atoms. The largest absolute Gasteiger partial charge is 0.339 e. The molecule has 0 radical (unpaired) electrons. The van der Waals surface area contributed by atoms with Crippen LogP contribution in [0, 0.1) is 11.8 Å². The van der Waals surface area contributed by atoms with Gasteiger partial charge in [0.15, 0.2) is 5.82 Å². The first-order chi connectivity index (χ1) is 12.0. The molecule has 2 amide bonds. The van der Waals surface area contributed by atoms with E-state index in [1.165, 1.54) is 0 Å². The Bertz CT molecular complexity index is 624. The fourth-order valence-corrected chi connectivity index (χ4v) is 3.37. The summed E-state index contributed by atoms with van der Waals surface area (Å²) >= 11 is 0. The van der Waals surface area contributed by atoms with Gasteiger partial charge in [-0.1, -0.05) is 19.0 Å². The van der Waals surface area contributed by atoms with Gasteiger partial charge in [0.25, 0.3) is 0 Å². The van der Waals surface area contributed by atoms with E-state index in [0.29, 0.717) is 56.2 Å². The number of amides is 2. The molecule has 1 saturated carbocycles. The van der Waals surface area contributed by atoms with Crippen molar-refractivity contribution < 1.29 is 14.1 Å². The second-order valence-corrected chi connectivity index (χ2v) is 7.57. The van der Waals surface area contributed by atoms with Gasteiger partial charge in [0, 0.05) is 32.0 Å². The molecule has 3 rings (SSSR count). The average molecular weight is 348 g/mol. The van der Waals surface area contributed by atoms with Gasteiger partial charge in [-0.3, -0.25) is 9.59 Å². The van der Waals surface area contributed by atoms with Crippen molar-refractivity contribution in [3.63, 3.8) is 0 Å². The minimum Gasteiger partial charge on any atom is -0.339 e. The summed E-state index contributed by atoms with van der Waals surface area (Å²) in [5.74, 6) is 1.81. The number of carbonyl (C=O) groups excluding carboxylic acids is 2. The van der Waals surface area contributed by atoms with Crippen LogP contribution in [0.4, 0.5) is 0 Å². The van der Waals surface area contributed by atoms with Crippen molar-refractivity contribution in [3.05, 3.63) is 11.7 Å². The molecule has 1 aromatic rings. The van der Waals surface area contributed by atoms with E-state index in [2.05, 4.69) is 24.0 Å². The van der Waals surface area contributed by atoms with Gasteiger partial charge >= 0.3 is 0 Å². The van der Waals surface area contributed by atoms with E-state index in [4.69, 9.17) is 4.52 Å². The molecule has 0 spiro atoms. The van der Waals surface area contributed by atoms with Crippen LogP contribution in [0.5, 0.6) is 0 Å². The van der Waals surface area contributed by atoms with Crippen LogP contribution in [-0.2, 0) is 22.6 Å². The van der Waals surface area contributed by atoms with E-state index in [-0.39, 0.29) is 17.7 Å². The highest BCUT2D eigenvalue weighted by Gasteiger charge is 2.39. The third-order valence-corrected chi connectivity index (χ3v) is 4.90. The third kappa shape index (κ3) is 4.38. The molecule has 138 valence electrons. The number of hydrogen-bond acceptors (Lipinski definition) is 5. The lowest BCUT2D eigenvalue weighted by molar-refractivity contribution is -0.143. The van der Waals surface area contributed by atoms with Crippen LogP contribution in [0.15, 0.2) is 4.52 Å². The Labute approximate surface area is 148 Å². The Balaban J connectivity index is 1.60. The lowest BCUT2D eigenvalue weighted by atomic mass is 9.95. The van der Waals surface area contributed by atoms with E-state index in [1.54, 1.807) is 4.90 Å². The van der Waals surface area contributed by atoms with Crippen molar-refractivity contribution >= 4 is 11.8 Å². The molecule has 7 heteroatoms. The van der Waals surface area contributed by atoms with Gasteiger partial charge in [0.2, 0.25) is 17.7 Å². The van der Waals surface area contributed by atoms with Gasteiger partial charge in [-0.25, -0.2) is 0 Å². The summed E-state index contributed by atoms with van der Waals surface area (Å²) in [6, 6.07) is 0.369. The van der Waals surface area contributed by atoms with E-state index in [1.807, 2.05) is 11.8 Å². The number of carbonyl (C=O) groups is 2. The summed E-state index contributed by atoms with van der Waals surface area (Å²) in [6.07, 6.45) is 4.01. The Morgan fingerprint density at radius 2 is 2.12 bits per heavy atom. The summed E-state index contributed by atoms with van der Waals surface area (Å²) in [5, 5.41) is 4.01. The van der Waals surface area contributed by atoms with Crippen molar-refractivity contribution in [2.24, 2.45) is 11.8 Å². The van der Waals surface area contributed by atoms with Crippen LogP contribution in [-0.4, -0.2) is 50.9 Å². The molecule has 1 aliphatic heterocycles. The van der Waals surface area contributed by atoms with Gasteiger partial charge in [-0.2, -0.15) is 4.98 Å². The highest BCUT2D eigenvalue weighted by atomic mass is 16.5. The molecular formula is C18H28N4O3. The molecule has 1 aromatic heterocycles. The maximum Gasteiger partial charge on any atom is 0.227 e. The standard InChI is InChI=1S/C18H28N4O3/c1-4-21(11-15-19-16(25-20-15)9-12(2)3)18(24)13-5-8-17(23)22(10-13)14-6-7-14/h12-14H,4-11H2,1-3H3. The lowest BCUT2D eigenvalue weighted by Gasteiger charge is -2.34. The first kappa shape index (κ1) is 17.9. The monoisotopic (exact) mass is 348 g/mol. The van der Waals surface area contributed by atoms with Crippen LogP contribution in [0.2, 0.25) is 0 Å². The maximum atomic E-state index is 12.9. The molecule has 0 N–H and O–H groups in total. The second-order valence-electron chi connectivity index (χ2n) is 7.57. The molecule has 2 fully saturated rings. The smallest absolute Gasteiger partial charge is 0.227 e. The number of nitrogens with zero attached hydrogens (tertiary/aromatic N) is 4. The van der Waals surface area contributed by atoms with Crippen LogP contribution in [0.1, 0.15) is 58.2 Å². The fourth-order valence-electron chi connectivity index (χ4n) is 3.37. The molecule has 2 heterocycles. The highest BCUT2D eigenvalue weighted by molar-refractivity contribution is 5.84. The molecule has 7 nitrogen and oxygen atoms in total. The number of piperidine rings is 1. The Hall–Kier alpha value is -1.92. The van der Waals surface area contributed by atoms with Crippen molar-refractivity contribution in [2.75, 3.05) is 13.1 Å². The first-order valence-corrected chi connectivity index (χ1v) is 9.37. The molecule has 1 saturated heterocycles. The van der Waals surface area contributed by atoms with Gasteiger partial charge < -0.3 is 14.3 Å². The minimum atomic E-state index is -0.111. The zero-order valence-corrected chi connectivity index (χ0v) is 15.4. The number of hydrogen-bond donors (Lipinski definition) is 0. The lowest BCUT2D eigenvalue weighted by Crippen LogP contribution is -2.47. The second kappa shape index (κ2) is 7.54. The van der Waals surface area contributed by atoms with Gasteiger partial charge in [-0.05, 0) is 32.1 Å². The van der Waals surface area contributed by atoms with Gasteiger partial charge in [0.1, 0.15) is 0 Å². The summed E-state index contributed by atoms with van der Waals surface area (Å²) in [6.45, 7) is 7.68.